The summed E-state index contributed by atoms with van der Waals surface area (Å²) >= 11 is 6.40. The second-order valence-electron chi connectivity index (χ2n) is 21.7. The molecular weight excluding hydrogens is 846 g/mol. The average Bonchev–Trinajstić information content (AvgIpc) is 3.31. The Morgan fingerprint density at radius 2 is 0.956 bits per heavy atom. The average molecular weight is 921 g/mol. The van der Waals surface area contributed by atoms with Gasteiger partial charge in [-0.3, -0.25) is 4.98 Å². The molecule has 352 valence electrons. The van der Waals surface area contributed by atoms with Crippen LogP contribution in [0.4, 0.5) is 0 Å². The largest absolute Gasteiger partial charge is 0.497 e. The fourth-order valence-corrected chi connectivity index (χ4v) is 8.16. The van der Waals surface area contributed by atoms with Crippen molar-refractivity contribution in [2.75, 3.05) is 7.11 Å². The van der Waals surface area contributed by atoms with E-state index in [-0.39, 0.29) is 21.7 Å². The Balaban J connectivity index is 0.000000171. The highest BCUT2D eigenvalue weighted by molar-refractivity contribution is 6.31. The Labute approximate surface area is 415 Å². The lowest BCUT2D eigenvalue weighted by Crippen LogP contribution is -2.12. The molecule has 2 nitrogen and oxygen atoms in total. The van der Waals surface area contributed by atoms with Crippen LogP contribution in [0.15, 0.2) is 189 Å². The number of aryl methyl sites for hydroxylation is 1. The second-order valence-corrected chi connectivity index (χ2v) is 22.1. The first kappa shape index (κ1) is 52.7. The summed E-state index contributed by atoms with van der Waals surface area (Å²) in [5, 5.41) is 3.56. The third-order valence-corrected chi connectivity index (χ3v) is 12.2. The van der Waals surface area contributed by atoms with E-state index in [0.29, 0.717) is 5.76 Å². The highest BCUT2D eigenvalue weighted by Crippen LogP contribution is 2.34. The van der Waals surface area contributed by atoms with Crippen LogP contribution < -0.4 is 0 Å². The molecule has 0 aliphatic carbocycles. The van der Waals surface area contributed by atoms with Crippen LogP contribution in [0.3, 0.4) is 0 Å². The van der Waals surface area contributed by atoms with Crippen LogP contribution in [0.2, 0.25) is 5.02 Å². The molecule has 1 aromatic heterocycles. The van der Waals surface area contributed by atoms with Crippen LogP contribution in [0.25, 0.3) is 49.9 Å². The maximum atomic E-state index is 6.40. The highest BCUT2D eigenvalue weighted by atomic mass is 35.5. The van der Waals surface area contributed by atoms with Crippen molar-refractivity contribution < 1.29 is 4.74 Å². The monoisotopic (exact) mass is 920 g/mol. The van der Waals surface area contributed by atoms with Gasteiger partial charge >= 0.3 is 0 Å². The number of pyridine rings is 1. The van der Waals surface area contributed by atoms with Crippen molar-refractivity contribution in [3.8, 4) is 33.4 Å². The third-order valence-electron chi connectivity index (χ3n) is 11.9. The first-order valence-electron chi connectivity index (χ1n) is 23.8. The molecule has 8 rings (SSSR count). The summed E-state index contributed by atoms with van der Waals surface area (Å²) in [6, 6.07) is 61.6. The number of halogens is 1. The Morgan fingerprint density at radius 1 is 0.456 bits per heavy atom. The van der Waals surface area contributed by atoms with E-state index in [2.05, 4.69) is 247 Å². The molecule has 0 aliphatic heterocycles. The Hall–Kier alpha value is -6.22. The lowest BCUT2D eigenvalue weighted by Gasteiger charge is -2.21. The number of aromatic nitrogens is 1. The lowest BCUT2D eigenvalue weighted by molar-refractivity contribution is 0.371. The molecule has 3 heteroatoms. The van der Waals surface area contributed by atoms with Crippen LogP contribution in [-0.2, 0) is 26.4 Å². The number of benzene rings is 7. The van der Waals surface area contributed by atoms with E-state index in [1.807, 2.05) is 36.5 Å². The van der Waals surface area contributed by atoms with Crippen LogP contribution in [-0.4, -0.2) is 12.1 Å². The summed E-state index contributed by atoms with van der Waals surface area (Å²) in [5.74, 6) is 0.694. The molecule has 0 aliphatic rings. The second kappa shape index (κ2) is 22.7. The summed E-state index contributed by atoms with van der Waals surface area (Å²) in [4.78, 5) is 4.53. The van der Waals surface area contributed by atoms with Crippen LogP contribution in [0.5, 0.6) is 0 Å². The van der Waals surface area contributed by atoms with Gasteiger partial charge in [-0.25, -0.2) is 0 Å². The Morgan fingerprint density at radius 3 is 1.50 bits per heavy atom. The first-order chi connectivity index (χ1) is 31.9. The fourth-order valence-electron chi connectivity index (χ4n) is 7.70. The summed E-state index contributed by atoms with van der Waals surface area (Å²) in [6.45, 7) is 32.5. The number of methoxy groups -OCH3 is 1. The smallest absolute Gasteiger partial charge is 0.118 e. The van der Waals surface area contributed by atoms with Gasteiger partial charge in [-0.05, 0) is 90.6 Å². The molecule has 0 bridgehead atoms. The fraction of sp³-hybridized carbons (Fsp3) is 0.277. The predicted octanol–water partition coefficient (Wildman–Crippen LogP) is 19.1. The van der Waals surface area contributed by atoms with Crippen molar-refractivity contribution in [1.82, 2.24) is 4.98 Å². The standard InChI is InChI=1S/C19H22O.C17H19Cl.C15H17N.C14H16/c1-14(20-5)15-9-11-16(12-10-15)17-7-6-8-18(13-17)19(2,3)4;1-12-5-7-13(8-6-12)14-9-10-15(16(18)11-14)17(2,3)4;1-15(2,3)14-10-9-13(11-16-14)12-7-5-4-6-8-12;1-14(2,3)13-10-6-8-11-7-4-5-9-12(11)13/h6-13H,1H2,2-5H3;5-11H,1-4H3;4-11H,1-3H3;4-10H,1-3H3. The molecule has 7 aromatic carbocycles. The van der Waals surface area contributed by atoms with Gasteiger partial charge in [-0.2, -0.15) is 0 Å². The van der Waals surface area contributed by atoms with Gasteiger partial charge in [0.2, 0.25) is 0 Å². The molecule has 0 saturated carbocycles. The molecule has 0 amide bonds. The zero-order valence-corrected chi connectivity index (χ0v) is 44.0. The molecule has 1 heterocycles. The van der Waals surface area contributed by atoms with E-state index in [1.54, 1.807) is 7.11 Å². The van der Waals surface area contributed by atoms with E-state index >= 15 is 0 Å². The molecule has 0 fully saturated rings. The van der Waals surface area contributed by atoms with E-state index in [0.717, 1.165) is 16.3 Å². The number of fused-ring (bicyclic) bond motifs is 1. The predicted molar refractivity (Wildman–Crippen MR) is 298 cm³/mol. The van der Waals surface area contributed by atoms with Gasteiger partial charge in [-0.15, -0.1) is 0 Å². The number of hydrogen-bond acceptors (Lipinski definition) is 2. The quantitative estimate of drug-likeness (QED) is 0.161. The zero-order chi connectivity index (χ0) is 49.9. The molecule has 68 heavy (non-hydrogen) atoms. The third kappa shape index (κ3) is 14.9. The molecule has 0 radical (unpaired) electrons. The van der Waals surface area contributed by atoms with Crippen molar-refractivity contribution in [3.63, 3.8) is 0 Å². The van der Waals surface area contributed by atoms with Gasteiger partial charge < -0.3 is 4.74 Å². The minimum absolute atomic E-state index is 0.0862. The van der Waals surface area contributed by atoms with Crippen molar-refractivity contribution in [3.05, 3.63) is 227 Å². The maximum Gasteiger partial charge on any atom is 0.118 e. The zero-order valence-electron chi connectivity index (χ0n) is 43.3. The summed E-state index contributed by atoms with van der Waals surface area (Å²) in [7, 11) is 1.64. The number of ether oxygens (including phenoxy) is 1. The molecule has 0 atom stereocenters. The van der Waals surface area contributed by atoms with E-state index in [9.17, 15) is 0 Å². The molecule has 0 saturated heterocycles. The number of nitrogens with zero attached hydrogens (tertiary/aromatic N) is 1. The van der Waals surface area contributed by atoms with Gasteiger partial charge in [0.1, 0.15) is 5.76 Å². The normalized spacial score (nSPS) is 11.5. The van der Waals surface area contributed by atoms with Crippen molar-refractivity contribution in [2.45, 2.75) is 112 Å². The molecule has 8 aromatic rings. The topological polar surface area (TPSA) is 22.1 Å². The van der Waals surface area contributed by atoms with Gasteiger partial charge in [0.15, 0.2) is 0 Å². The van der Waals surface area contributed by atoms with Gasteiger partial charge in [-0.1, -0.05) is 271 Å². The highest BCUT2D eigenvalue weighted by Gasteiger charge is 2.19. The molecule has 0 spiro atoms. The molecular formula is C65H74ClNO. The van der Waals surface area contributed by atoms with Gasteiger partial charge in [0.25, 0.3) is 0 Å². The van der Waals surface area contributed by atoms with Crippen LogP contribution in [0, 0.1) is 6.92 Å². The van der Waals surface area contributed by atoms with E-state index in [4.69, 9.17) is 16.3 Å². The van der Waals surface area contributed by atoms with Crippen LogP contribution in [0.1, 0.15) is 117 Å². The summed E-state index contributed by atoms with van der Waals surface area (Å²) in [5.41, 5.74) is 15.2. The van der Waals surface area contributed by atoms with Gasteiger partial charge in [0.05, 0.1) is 7.11 Å². The molecule has 0 N–H and O–H groups in total. The van der Waals surface area contributed by atoms with Crippen molar-refractivity contribution in [1.29, 1.82) is 0 Å². The lowest BCUT2D eigenvalue weighted by atomic mass is 9.84. The maximum absolute atomic E-state index is 6.40. The van der Waals surface area contributed by atoms with E-state index in [1.165, 1.54) is 66.4 Å². The number of rotatable bonds is 5. The summed E-state index contributed by atoms with van der Waals surface area (Å²) in [6.07, 6.45) is 1.95. The minimum Gasteiger partial charge on any atom is -0.497 e. The van der Waals surface area contributed by atoms with Crippen LogP contribution >= 0.6 is 11.6 Å². The Bertz CT molecular complexity index is 2840. The Kier molecular flexibility index (Phi) is 17.6. The number of hydrogen-bond donors (Lipinski definition) is 0. The first-order valence-corrected chi connectivity index (χ1v) is 24.1. The van der Waals surface area contributed by atoms with Gasteiger partial charge in [0, 0.05) is 33.5 Å². The van der Waals surface area contributed by atoms with Crippen molar-refractivity contribution >= 4 is 28.1 Å². The SMILES string of the molecule is C=C(OC)c1ccc(-c2cccc(C(C)(C)C)c2)cc1.CC(C)(C)c1ccc(-c2ccccc2)cn1.CC(C)(C)c1cccc2ccccc12.Cc1ccc(-c2ccc(C(C)(C)C)c(Cl)c2)cc1. The minimum atomic E-state index is 0.0862. The van der Waals surface area contributed by atoms with Crippen molar-refractivity contribution in [2.24, 2.45) is 0 Å². The molecule has 0 unspecified atom stereocenters. The van der Waals surface area contributed by atoms with E-state index < -0.39 is 0 Å². The summed E-state index contributed by atoms with van der Waals surface area (Å²) < 4.78 is 5.15.